The lowest BCUT2D eigenvalue weighted by atomic mass is 10.1. The molecular formula is C20H16BrNO4S2. The molecule has 8 heteroatoms. The number of thioether (sulfide) groups is 1. The normalized spacial score (nSPS) is 15.2. The maximum Gasteiger partial charge on any atom is 0.343 e. The average molecular weight is 478 g/mol. The summed E-state index contributed by atoms with van der Waals surface area (Å²) in [6.45, 7) is 1.72. The number of halogens is 1. The zero-order chi connectivity index (χ0) is 20.3. The Morgan fingerprint density at radius 1 is 1.29 bits per heavy atom. The fourth-order valence-corrected chi connectivity index (χ4v) is 4.24. The molecule has 1 fully saturated rings. The molecule has 0 aromatic heterocycles. The highest BCUT2D eigenvalue weighted by Gasteiger charge is 2.34. The number of benzene rings is 2. The Labute approximate surface area is 180 Å². The summed E-state index contributed by atoms with van der Waals surface area (Å²) >= 11 is 10.1. The molecule has 2 aromatic carbocycles. The number of carbonyl (C=O) groups excluding carboxylic acids is 2. The molecule has 0 radical (unpaired) electrons. The summed E-state index contributed by atoms with van der Waals surface area (Å²) in [5.74, 6) is -0.210. The first-order valence-electron chi connectivity index (χ1n) is 8.23. The maximum atomic E-state index is 13.0. The monoisotopic (exact) mass is 477 g/mol. The molecule has 1 heterocycles. The maximum absolute atomic E-state index is 13.0. The van der Waals surface area contributed by atoms with E-state index in [0.717, 1.165) is 15.7 Å². The fourth-order valence-electron chi connectivity index (χ4n) is 2.59. The van der Waals surface area contributed by atoms with Gasteiger partial charge >= 0.3 is 5.97 Å². The summed E-state index contributed by atoms with van der Waals surface area (Å²) in [6.07, 6.45) is 1.72. The highest BCUT2D eigenvalue weighted by molar-refractivity contribution is 9.10. The summed E-state index contributed by atoms with van der Waals surface area (Å²) in [5, 5.41) is 0. The molecule has 1 aliphatic rings. The van der Waals surface area contributed by atoms with Crippen LogP contribution in [0.4, 0.5) is 5.69 Å². The van der Waals surface area contributed by atoms with Crippen LogP contribution >= 0.6 is 39.9 Å². The van der Waals surface area contributed by atoms with Crippen molar-refractivity contribution in [1.29, 1.82) is 0 Å². The lowest BCUT2D eigenvalue weighted by Crippen LogP contribution is -2.28. The molecular weight excluding hydrogens is 462 g/mol. The van der Waals surface area contributed by atoms with Crippen LogP contribution in [0.15, 0.2) is 51.8 Å². The first-order valence-corrected chi connectivity index (χ1v) is 10.2. The van der Waals surface area contributed by atoms with Crippen molar-refractivity contribution in [2.75, 3.05) is 18.6 Å². The third-order valence-corrected chi connectivity index (χ3v) is 5.78. The van der Waals surface area contributed by atoms with Crippen LogP contribution < -0.4 is 9.64 Å². The molecule has 1 amide bonds. The molecule has 0 spiro atoms. The number of esters is 1. The van der Waals surface area contributed by atoms with Gasteiger partial charge in [0.15, 0.2) is 10.9 Å². The minimum absolute atomic E-state index is 0.191. The highest BCUT2D eigenvalue weighted by Crippen LogP contribution is 2.38. The lowest BCUT2D eigenvalue weighted by Gasteiger charge is -2.16. The number of hydrogen-bond acceptors (Lipinski definition) is 6. The second kappa shape index (κ2) is 8.89. The van der Waals surface area contributed by atoms with Gasteiger partial charge in [-0.3, -0.25) is 9.69 Å². The number of rotatable bonds is 5. The first-order chi connectivity index (χ1) is 13.4. The van der Waals surface area contributed by atoms with Crippen molar-refractivity contribution in [1.82, 2.24) is 0 Å². The van der Waals surface area contributed by atoms with Crippen molar-refractivity contribution in [2.24, 2.45) is 0 Å². The quantitative estimate of drug-likeness (QED) is 0.352. The number of aryl methyl sites for hydroxylation is 1. The standard InChI is InChI=1S/C20H16BrNO4S2/c1-12-5-3-4-6-15(12)22-19(24)17(28-20(22)27)10-13-9-14(21)7-8-16(13)26-11-18(23)25-2/h3-10H,11H2,1-2H3/b17-10+. The number of para-hydroxylation sites is 1. The van der Waals surface area contributed by atoms with Gasteiger partial charge in [0.2, 0.25) is 0 Å². The van der Waals surface area contributed by atoms with E-state index >= 15 is 0 Å². The topological polar surface area (TPSA) is 55.8 Å². The predicted molar refractivity (Wildman–Crippen MR) is 118 cm³/mol. The molecule has 0 unspecified atom stereocenters. The Morgan fingerprint density at radius 2 is 2.04 bits per heavy atom. The van der Waals surface area contributed by atoms with Crippen molar-refractivity contribution in [3.63, 3.8) is 0 Å². The average Bonchev–Trinajstić information content (AvgIpc) is 2.94. The zero-order valence-electron chi connectivity index (χ0n) is 15.1. The summed E-state index contributed by atoms with van der Waals surface area (Å²) in [7, 11) is 1.30. The van der Waals surface area contributed by atoms with Crippen LogP contribution in [0.1, 0.15) is 11.1 Å². The summed E-state index contributed by atoms with van der Waals surface area (Å²) in [5.41, 5.74) is 2.39. The number of methoxy groups -OCH3 is 1. The summed E-state index contributed by atoms with van der Waals surface area (Å²) in [6, 6.07) is 12.9. The number of amides is 1. The molecule has 0 N–H and O–H groups in total. The Bertz CT molecular complexity index is 990. The van der Waals surface area contributed by atoms with Crippen LogP contribution in [0.3, 0.4) is 0 Å². The van der Waals surface area contributed by atoms with Crippen molar-refractivity contribution >= 4 is 67.9 Å². The van der Waals surface area contributed by atoms with Gasteiger partial charge in [-0.25, -0.2) is 4.79 Å². The smallest absolute Gasteiger partial charge is 0.343 e. The number of carbonyl (C=O) groups is 2. The Hall–Kier alpha value is -2.16. The van der Waals surface area contributed by atoms with Gasteiger partial charge in [0.25, 0.3) is 5.91 Å². The van der Waals surface area contributed by atoms with Crippen molar-refractivity contribution < 1.29 is 19.1 Å². The SMILES string of the molecule is COC(=O)COc1ccc(Br)cc1/C=C1/SC(=S)N(c2ccccc2C)C1=O. The van der Waals surface area contributed by atoms with Crippen molar-refractivity contribution in [3.05, 3.63) is 63.0 Å². The zero-order valence-corrected chi connectivity index (χ0v) is 18.3. The second-order valence-electron chi connectivity index (χ2n) is 5.85. The minimum atomic E-state index is -0.486. The molecule has 0 saturated carbocycles. The summed E-state index contributed by atoms with van der Waals surface area (Å²) < 4.78 is 11.4. The molecule has 1 saturated heterocycles. The Balaban J connectivity index is 1.93. The third-order valence-electron chi connectivity index (χ3n) is 3.98. The minimum Gasteiger partial charge on any atom is -0.481 e. The second-order valence-corrected chi connectivity index (χ2v) is 8.44. The van der Waals surface area contributed by atoms with E-state index in [0.29, 0.717) is 20.5 Å². The molecule has 5 nitrogen and oxygen atoms in total. The molecule has 28 heavy (non-hydrogen) atoms. The van der Waals surface area contributed by atoms with Crippen molar-refractivity contribution in [3.8, 4) is 5.75 Å². The van der Waals surface area contributed by atoms with E-state index < -0.39 is 5.97 Å². The number of hydrogen-bond donors (Lipinski definition) is 0. The van der Waals surface area contributed by atoms with E-state index in [1.54, 1.807) is 18.2 Å². The van der Waals surface area contributed by atoms with Gasteiger partial charge in [0.05, 0.1) is 17.7 Å². The van der Waals surface area contributed by atoms with Gasteiger partial charge in [-0.15, -0.1) is 0 Å². The third kappa shape index (κ3) is 4.45. The van der Waals surface area contributed by atoms with Gasteiger partial charge in [-0.1, -0.05) is 58.1 Å². The number of anilines is 1. The molecule has 3 rings (SSSR count). The van der Waals surface area contributed by atoms with E-state index in [-0.39, 0.29) is 12.5 Å². The fraction of sp³-hybridized carbons (Fsp3) is 0.150. The van der Waals surface area contributed by atoms with Gasteiger partial charge in [-0.05, 0) is 42.8 Å². The van der Waals surface area contributed by atoms with E-state index in [1.165, 1.54) is 23.8 Å². The molecule has 2 aromatic rings. The van der Waals surface area contributed by atoms with Crippen LogP contribution in [0.25, 0.3) is 6.08 Å². The number of ether oxygens (including phenoxy) is 2. The molecule has 1 aliphatic heterocycles. The Morgan fingerprint density at radius 3 is 2.75 bits per heavy atom. The van der Waals surface area contributed by atoms with Gasteiger partial charge in [0.1, 0.15) is 5.75 Å². The Kier molecular flexibility index (Phi) is 6.53. The predicted octanol–water partition coefficient (Wildman–Crippen LogP) is 4.72. The van der Waals surface area contributed by atoms with Gasteiger partial charge in [0, 0.05) is 10.0 Å². The van der Waals surface area contributed by atoms with Crippen LogP contribution in [-0.2, 0) is 14.3 Å². The van der Waals surface area contributed by atoms with E-state index in [1.807, 2.05) is 37.3 Å². The van der Waals surface area contributed by atoms with E-state index in [2.05, 4.69) is 20.7 Å². The van der Waals surface area contributed by atoms with Crippen LogP contribution in [0, 0.1) is 6.92 Å². The van der Waals surface area contributed by atoms with Gasteiger partial charge < -0.3 is 9.47 Å². The van der Waals surface area contributed by atoms with Crippen LogP contribution in [0.2, 0.25) is 0 Å². The lowest BCUT2D eigenvalue weighted by molar-refractivity contribution is -0.142. The molecule has 0 atom stereocenters. The number of thiocarbonyl (C=S) groups is 1. The van der Waals surface area contributed by atoms with Crippen LogP contribution in [0.5, 0.6) is 5.75 Å². The highest BCUT2D eigenvalue weighted by atomic mass is 79.9. The first kappa shape index (κ1) is 20.6. The van der Waals surface area contributed by atoms with Crippen molar-refractivity contribution in [2.45, 2.75) is 6.92 Å². The molecule has 144 valence electrons. The summed E-state index contributed by atoms with van der Waals surface area (Å²) in [4.78, 5) is 26.4. The van der Waals surface area contributed by atoms with E-state index in [4.69, 9.17) is 17.0 Å². The van der Waals surface area contributed by atoms with Gasteiger partial charge in [-0.2, -0.15) is 0 Å². The molecule has 0 bridgehead atoms. The van der Waals surface area contributed by atoms with E-state index in [9.17, 15) is 9.59 Å². The molecule has 0 aliphatic carbocycles. The number of nitrogens with zero attached hydrogens (tertiary/aromatic N) is 1. The largest absolute Gasteiger partial charge is 0.481 e. The van der Waals surface area contributed by atoms with Crippen LogP contribution in [-0.4, -0.2) is 29.9 Å².